The Morgan fingerprint density at radius 3 is 2.34 bits per heavy atom. The number of para-hydroxylation sites is 2. The fraction of sp³-hybridized carbons (Fsp3) is 0.429. The van der Waals surface area contributed by atoms with Crippen LogP contribution in [0.25, 0.3) is 0 Å². The van der Waals surface area contributed by atoms with Gasteiger partial charge in [-0.3, -0.25) is 4.72 Å². The molecule has 0 saturated carbocycles. The van der Waals surface area contributed by atoms with Crippen LogP contribution in [-0.4, -0.2) is 54.9 Å². The van der Waals surface area contributed by atoms with Crippen LogP contribution in [0.3, 0.4) is 0 Å². The summed E-state index contributed by atoms with van der Waals surface area (Å²) in [4.78, 5) is 3.86. The minimum Gasteiger partial charge on any atom is -0.490 e. The molecular weight excluding hydrogens is 390 g/mol. The van der Waals surface area contributed by atoms with Gasteiger partial charge in [0.2, 0.25) is 0 Å². The Morgan fingerprint density at radius 2 is 1.66 bits per heavy atom. The fourth-order valence-electron chi connectivity index (χ4n) is 3.37. The quantitative estimate of drug-likeness (QED) is 0.679. The lowest BCUT2D eigenvalue weighted by Gasteiger charge is -2.33. The molecule has 1 fully saturated rings. The molecule has 158 valence electrons. The molecule has 1 saturated heterocycles. The first-order valence-electron chi connectivity index (χ1n) is 10.0. The van der Waals surface area contributed by atoms with E-state index in [1.54, 1.807) is 12.1 Å². The minimum atomic E-state index is -3.78. The lowest BCUT2D eigenvalue weighted by Crippen LogP contribution is -3.12. The van der Waals surface area contributed by atoms with Gasteiger partial charge < -0.3 is 19.3 Å². The monoisotopic (exact) mass is 420 g/mol. The van der Waals surface area contributed by atoms with Gasteiger partial charge in [0.25, 0.3) is 10.0 Å². The third-order valence-electron chi connectivity index (χ3n) is 4.93. The Morgan fingerprint density at radius 1 is 1.00 bits per heavy atom. The summed E-state index contributed by atoms with van der Waals surface area (Å²) in [5.74, 6) is 0.959. The largest absolute Gasteiger partial charge is 0.490 e. The van der Waals surface area contributed by atoms with Crippen LogP contribution in [0.1, 0.15) is 13.8 Å². The number of hydrogen-bond acceptors (Lipinski definition) is 5. The van der Waals surface area contributed by atoms with E-state index < -0.39 is 10.0 Å². The van der Waals surface area contributed by atoms with E-state index in [9.17, 15) is 8.42 Å². The SMILES string of the molecule is CCOc1ccc(S(=O)(=O)Nc2ccccc2N2CC[NH+](C)CC2)cc1OCC. The summed E-state index contributed by atoms with van der Waals surface area (Å²) in [5, 5.41) is 0. The first-order chi connectivity index (χ1) is 13.9. The van der Waals surface area contributed by atoms with Crippen molar-refractivity contribution in [2.24, 2.45) is 0 Å². The number of anilines is 2. The number of quaternary nitrogens is 1. The first-order valence-corrected chi connectivity index (χ1v) is 11.5. The molecule has 0 radical (unpaired) electrons. The average molecular weight is 421 g/mol. The van der Waals surface area contributed by atoms with Crippen LogP contribution < -0.4 is 24.0 Å². The number of nitrogens with one attached hydrogen (secondary N) is 2. The summed E-state index contributed by atoms with van der Waals surface area (Å²) in [5.41, 5.74) is 1.48. The Balaban J connectivity index is 1.87. The van der Waals surface area contributed by atoms with Crippen molar-refractivity contribution >= 4 is 21.4 Å². The maximum absolute atomic E-state index is 13.1. The van der Waals surface area contributed by atoms with E-state index in [2.05, 4.69) is 16.7 Å². The second-order valence-electron chi connectivity index (χ2n) is 7.04. The Bertz CT molecular complexity index is 925. The summed E-state index contributed by atoms with van der Waals surface area (Å²) in [6.07, 6.45) is 0. The highest BCUT2D eigenvalue weighted by Gasteiger charge is 2.23. The number of piperazine rings is 1. The molecule has 0 atom stereocenters. The zero-order valence-electron chi connectivity index (χ0n) is 17.3. The molecule has 3 rings (SSSR count). The Labute approximate surface area is 173 Å². The van der Waals surface area contributed by atoms with Crippen LogP contribution in [-0.2, 0) is 10.0 Å². The van der Waals surface area contributed by atoms with Gasteiger partial charge in [0.15, 0.2) is 11.5 Å². The smallest absolute Gasteiger partial charge is 0.262 e. The van der Waals surface area contributed by atoms with Crippen LogP contribution in [0.15, 0.2) is 47.4 Å². The first kappa shape index (κ1) is 21.3. The molecule has 0 bridgehead atoms. The Kier molecular flexibility index (Phi) is 6.87. The van der Waals surface area contributed by atoms with Crippen molar-refractivity contribution in [3.8, 4) is 11.5 Å². The van der Waals surface area contributed by atoms with Gasteiger partial charge in [-0.25, -0.2) is 8.42 Å². The standard InChI is InChI=1S/C21H29N3O4S/c1-4-27-20-11-10-17(16-21(20)28-5-2)29(25,26)22-18-8-6-7-9-19(18)24-14-12-23(3)13-15-24/h6-11,16,22H,4-5,12-15H2,1-3H3/p+1. The molecule has 2 N–H and O–H groups in total. The molecule has 1 aliphatic heterocycles. The molecule has 0 unspecified atom stereocenters. The summed E-state index contributed by atoms with van der Waals surface area (Å²) in [6.45, 7) is 8.46. The van der Waals surface area contributed by atoms with Crippen molar-refractivity contribution < 1.29 is 22.8 Å². The number of likely N-dealkylation sites (N-methyl/N-ethyl adjacent to an activating group) is 1. The Hall–Kier alpha value is -2.45. The van der Waals surface area contributed by atoms with E-state index in [1.807, 2.05) is 32.0 Å². The molecule has 29 heavy (non-hydrogen) atoms. The van der Waals surface area contributed by atoms with Crippen LogP contribution >= 0.6 is 0 Å². The molecule has 2 aromatic rings. The molecule has 0 aromatic heterocycles. The maximum Gasteiger partial charge on any atom is 0.262 e. The van der Waals surface area contributed by atoms with Gasteiger partial charge >= 0.3 is 0 Å². The maximum atomic E-state index is 13.1. The van der Waals surface area contributed by atoms with Crippen molar-refractivity contribution in [3.05, 3.63) is 42.5 Å². The number of hydrogen-bond donors (Lipinski definition) is 2. The molecule has 8 heteroatoms. The third kappa shape index (κ3) is 5.13. The second kappa shape index (κ2) is 9.37. The van der Waals surface area contributed by atoms with E-state index >= 15 is 0 Å². The van der Waals surface area contributed by atoms with Gasteiger partial charge in [-0.15, -0.1) is 0 Å². The third-order valence-corrected chi connectivity index (χ3v) is 6.29. The summed E-state index contributed by atoms with van der Waals surface area (Å²) in [6, 6.07) is 12.2. The fourth-order valence-corrected chi connectivity index (χ4v) is 4.46. The van der Waals surface area contributed by atoms with E-state index in [0.29, 0.717) is 30.4 Å². The van der Waals surface area contributed by atoms with Crippen LogP contribution in [0.4, 0.5) is 11.4 Å². The summed E-state index contributed by atoms with van der Waals surface area (Å²) < 4.78 is 40.0. The van der Waals surface area contributed by atoms with Crippen LogP contribution in [0, 0.1) is 0 Å². The van der Waals surface area contributed by atoms with Crippen molar-refractivity contribution in [2.75, 3.05) is 56.1 Å². The predicted molar refractivity (Wildman–Crippen MR) is 115 cm³/mol. The number of ether oxygens (including phenoxy) is 2. The predicted octanol–water partition coefficient (Wildman–Crippen LogP) is 1.62. The molecule has 2 aromatic carbocycles. The lowest BCUT2D eigenvalue weighted by atomic mass is 10.2. The molecule has 0 amide bonds. The normalized spacial score (nSPS) is 15.2. The van der Waals surface area contributed by atoms with Crippen LogP contribution in [0.5, 0.6) is 11.5 Å². The van der Waals surface area contributed by atoms with Gasteiger partial charge in [0, 0.05) is 6.07 Å². The van der Waals surface area contributed by atoms with Gasteiger partial charge in [0.05, 0.1) is 62.7 Å². The van der Waals surface area contributed by atoms with E-state index in [1.165, 1.54) is 17.0 Å². The van der Waals surface area contributed by atoms with Crippen LogP contribution in [0.2, 0.25) is 0 Å². The highest BCUT2D eigenvalue weighted by molar-refractivity contribution is 7.92. The van der Waals surface area contributed by atoms with Crippen molar-refractivity contribution in [1.82, 2.24) is 0 Å². The second-order valence-corrected chi connectivity index (χ2v) is 8.72. The van der Waals surface area contributed by atoms with Gasteiger partial charge in [-0.1, -0.05) is 12.1 Å². The lowest BCUT2D eigenvalue weighted by molar-refractivity contribution is -0.880. The van der Waals surface area contributed by atoms with E-state index in [-0.39, 0.29) is 4.90 Å². The summed E-state index contributed by atoms with van der Waals surface area (Å²) >= 11 is 0. The molecular formula is C21H30N3O4S+. The zero-order chi connectivity index (χ0) is 20.9. The number of nitrogens with zero attached hydrogens (tertiary/aromatic N) is 1. The van der Waals surface area contributed by atoms with E-state index in [4.69, 9.17) is 9.47 Å². The zero-order valence-corrected chi connectivity index (χ0v) is 18.1. The van der Waals surface area contributed by atoms with Crippen molar-refractivity contribution in [1.29, 1.82) is 0 Å². The van der Waals surface area contributed by atoms with E-state index in [0.717, 1.165) is 31.9 Å². The minimum absolute atomic E-state index is 0.141. The number of sulfonamides is 1. The molecule has 1 heterocycles. The van der Waals surface area contributed by atoms with Gasteiger partial charge in [0.1, 0.15) is 0 Å². The summed E-state index contributed by atoms with van der Waals surface area (Å²) in [7, 11) is -1.60. The number of benzene rings is 2. The topological polar surface area (TPSA) is 72.3 Å². The average Bonchev–Trinajstić information content (AvgIpc) is 2.70. The van der Waals surface area contributed by atoms with Crippen molar-refractivity contribution in [2.45, 2.75) is 18.7 Å². The molecule has 1 aliphatic rings. The highest BCUT2D eigenvalue weighted by atomic mass is 32.2. The van der Waals surface area contributed by atoms with Gasteiger partial charge in [-0.2, -0.15) is 0 Å². The number of rotatable bonds is 8. The molecule has 0 spiro atoms. The van der Waals surface area contributed by atoms with Crippen molar-refractivity contribution in [3.63, 3.8) is 0 Å². The highest BCUT2D eigenvalue weighted by Crippen LogP contribution is 2.32. The molecule has 7 nitrogen and oxygen atoms in total. The molecule has 0 aliphatic carbocycles. The van der Waals surface area contributed by atoms with Gasteiger partial charge in [-0.05, 0) is 38.1 Å².